The van der Waals surface area contributed by atoms with E-state index >= 15 is 0 Å². The summed E-state index contributed by atoms with van der Waals surface area (Å²) in [6.07, 6.45) is 8.23. The Morgan fingerprint density at radius 2 is 2.06 bits per heavy atom. The van der Waals surface area contributed by atoms with Crippen molar-refractivity contribution in [2.45, 2.75) is 32.1 Å². The Hall–Kier alpha value is -0.0600. The van der Waals surface area contributed by atoms with Crippen LogP contribution in [0.1, 0.15) is 37.9 Å². The Morgan fingerprint density at radius 3 is 2.59 bits per heavy atom. The molecule has 2 nitrogen and oxygen atoms in total. The van der Waals surface area contributed by atoms with Gasteiger partial charge in [-0.15, -0.1) is 0 Å². The van der Waals surface area contributed by atoms with Crippen LogP contribution in [0.5, 0.6) is 0 Å². The summed E-state index contributed by atoms with van der Waals surface area (Å²) in [6, 6.07) is 1.92. The molecular weight excluding hydrogens is 348 g/mol. The van der Waals surface area contributed by atoms with Crippen LogP contribution in [0.4, 0.5) is 0 Å². The molecule has 1 N–H and O–H groups in total. The standard InChI is InChI=1S/C13H16Br2O2/c14-12-7-11(17-13(12)15)6-10(8-16)9-4-2-1-3-5-9/h6-7,9,16H,1-5,8H2. The second kappa shape index (κ2) is 6.21. The maximum atomic E-state index is 9.48. The van der Waals surface area contributed by atoms with Crippen LogP contribution in [-0.4, -0.2) is 11.7 Å². The molecule has 0 atom stereocenters. The molecule has 1 saturated carbocycles. The van der Waals surface area contributed by atoms with Gasteiger partial charge in [0, 0.05) is 0 Å². The largest absolute Gasteiger partial charge is 0.449 e. The van der Waals surface area contributed by atoms with Crippen molar-refractivity contribution in [3.63, 3.8) is 0 Å². The number of aliphatic hydroxyl groups excluding tert-OH is 1. The summed E-state index contributed by atoms with van der Waals surface area (Å²) in [5.74, 6) is 1.31. The molecule has 1 aliphatic carbocycles. The third kappa shape index (κ3) is 3.46. The van der Waals surface area contributed by atoms with Crippen LogP contribution in [0.25, 0.3) is 6.08 Å². The van der Waals surface area contributed by atoms with Crippen molar-refractivity contribution in [1.82, 2.24) is 0 Å². The fourth-order valence-electron chi connectivity index (χ4n) is 2.38. The topological polar surface area (TPSA) is 33.4 Å². The van der Waals surface area contributed by atoms with Crippen LogP contribution in [0.3, 0.4) is 0 Å². The Morgan fingerprint density at radius 1 is 1.35 bits per heavy atom. The first-order valence-electron chi connectivity index (χ1n) is 5.97. The van der Waals surface area contributed by atoms with Crippen LogP contribution in [0, 0.1) is 5.92 Å². The molecule has 94 valence electrons. The van der Waals surface area contributed by atoms with Gasteiger partial charge < -0.3 is 9.52 Å². The van der Waals surface area contributed by atoms with Gasteiger partial charge in [-0.05, 0) is 68.3 Å². The molecule has 1 fully saturated rings. The molecule has 1 aromatic heterocycles. The second-order valence-corrected chi connectivity index (χ2v) is 6.06. The van der Waals surface area contributed by atoms with Crippen LogP contribution < -0.4 is 0 Å². The van der Waals surface area contributed by atoms with E-state index in [1.807, 2.05) is 12.1 Å². The normalized spacial score (nSPS) is 18.6. The zero-order valence-corrected chi connectivity index (χ0v) is 12.8. The lowest BCUT2D eigenvalue weighted by Crippen LogP contribution is -2.11. The lowest BCUT2D eigenvalue weighted by atomic mass is 9.83. The van der Waals surface area contributed by atoms with Crippen molar-refractivity contribution in [2.24, 2.45) is 5.92 Å². The smallest absolute Gasteiger partial charge is 0.184 e. The first-order chi connectivity index (χ1) is 8.20. The number of rotatable bonds is 3. The molecule has 0 amide bonds. The highest BCUT2D eigenvalue weighted by molar-refractivity contribution is 9.13. The van der Waals surface area contributed by atoms with Gasteiger partial charge in [0.05, 0.1) is 11.1 Å². The predicted octanol–water partition coefficient (Wildman–Crippen LogP) is 4.76. The zero-order valence-electron chi connectivity index (χ0n) is 9.59. The van der Waals surface area contributed by atoms with Crippen molar-refractivity contribution < 1.29 is 9.52 Å². The number of aliphatic hydroxyl groups is 1. The van der Waals surface area contributed by atoms with E-state index in [4.69, 9.17) is 4.42 Å². The third-order valence-corrected chi connectivity index (χ3v) is 5.01. The number of halogens is 2. The molecule has 0 spiro atoms. The summed E-state index contributed by atoms with van der Waals surface area (Å²) >= 11 is 6.71. The predicted molar refractivity (Wildman–Crippen MR) is 75.7 cm³/mol. The van der Waals surface area contributed by atoms with Crippen molar-refractivity contribution in [3.8, 4) is 0 Å². The Labute approximate surface area is 118 Å². The number of hydrogen-bond acceptors (Lipinski definition) is 2. The van der Waals surface area contributed by atoms with Crippen LogP contribution in [0.15, 0.2) is 25.2 Å². The minimum atomic E-state index is 0.126. The molecule has 0 saturated heterocycles. The average Bonchev–Trinajstić information content (AvgIpc) is 2.67. The van der Waals surface area contributed by atoms with Gasteiger partial charge in [0.1, 0.15) is 5.76 Å². The van der Waals surface area contributed by atoms with E-state index in [1.54, 1.807) is 0 Å². The molecule has 4 heteroatoms. The van der Waals surface area contributed by atoms with Gasteiger partial charge in [0.25, 0.3) is 0 Å². The second-order valence-electron chi connectivity index (χ2n) is 4.48. The van der Waals surface area contributed by atoms with Gasteiger partial charge in [0.15, 0.2) is 4.67 Å². The van der Waals surface area contributed by atoms with Crippen LogP contribution in [0.2, 0.25) is 0 Å². The quantitative estimate of drug-likeness (QED) is 0.839. The Bertz CT molecular complexity index is 384. The summed E-state index contributed by atoms with van der Waals surface area (Å²) in [5, 5.41) is 9.48. The fourth-order valence-corrected chi connectivity index (χ4v) is 2.99. The molecular formula is C13H16Br2O2. The van der Waals surface area contributed by atoms with Gasteiger partial charge in [-0.3, -0.25) is 0 Å². The monoisotopic (exact) mass is 362 g/mol. The molecule has 1 aromatic rings. The molecule has 2 rings (SSSR count). The summed E-state index contributed by atoms with van der Waals surface area (Å²) in [4.78, 5) is 0. The Balaban J connectivity index is 2.16. The molecule has 0 radical (unpaired) electrons. The van der Waals surface area contributed by atoms with Gasteiger partial charge in [-0.2, -0.15) is 0 Å². The average molecular weight is 364 g/mol. The number of furan rings is 1. The molecule has 0 unspecified atom stereocenters. The summed E-state index contributed by atoms with van der Waals surface area (Å²) in [6.45, 7) is 0.126. The highest BCUT2D eigenvalue weighted by Crippen LogP contribution is 2.32. The summed E-state index contributed by atoms with van der Waals surface area (Å²) < 4.78 is 7.13. The zero-order chi connectivity index (χ0) is 12.3. The molecule has 1 aliphatic rings. The summed E-state index contributed by atoms with van der Waals surface area (Å²) in [7, 11) is 0. The minimum Gasteiger partial charge on any atom is -0.449 e. The maximum Gasteiger partial charge on any atom is 0.184 e. The van der Waals surface area contributed by atoms with E-state index in [0.29, 0.717) is 10.6 Å². The van der Waals surface area contributed by atoms with Crippen molar-refractivity contribution >= 4 is 37.9 Å². The maximum absolute atomic E-state index is 9.48. The lowest BCUT2D eigenvalue weighted by molar-refractivity contribution is 0.294. The Kier molecular flexibility index (Phi) is 4.88. The van der Waals surface area contributed by atoms with E-state index in [9.17, 15) is 5.11 Å². The van der Waals surface area contributed by atoms with Gasteiger partial charge >= 0.3 is 0 Å². The van der Waals surface area contributed by atoms with E-state index in [2.05, 4.69) is 31.9 Å². The van der Waals surface area contributed by atoms with Gasteiger partial charge in [0.2, 0.25) is 0 Å². The van der Waals surface area contributed by atoms with Crippen LogP contribution in [-0.2, 0) is 0 Å². The minimum absolute atomic E-state index is 0.126. The first-order valence-corrected chi connectivity index (χ1v) is 7.55. The van der Waals surface area contributed by atoms with Gasteiger partial charge in [-0.25, -0.2) is 0 Å². The molecule has 0 bridgehead atoms. The molecule has 0 aliphatic heterocycles. The first kappa shape index (κ1) is 13.4. The van der Waals surface area contributed by atoms with Crippen molar-refractivity contribution in [3.05, 3.63) is 26.5 Å². The summed E-state index contributed by atoms with van der Waals surface area (Å²) in [5.41, 5.74) is 1.10. The fraction of sp³-hybridized carbons (Fsp3) is 0.538. The van der Waals surface area contributed by atoms with E-state index < -0.39 is 0 Å². The highest BCUT2D eigenvalue weighted by Gasteiger charge is 2.18. The van der Waals surface area contributed by atoms with E-state index in [-0.39, 0.29) is 6.61 Å². The molecule has 1 heterocycles. The lowest BCUT2D eigenvalue weighted by Gasteiger charge is -2.23. The third-order valence-electron chi connectivity index (χ3n) is 3.30. The van der Waals surface area contributed by atoms with Crippen molar-refractivity contribution in [2.75, 3.05) is 6.61 Å². The highest BCUT2D eigenvalue weighted by atomic mass is 79.9. The van der Waals surface area contributed by atoms with Crippen molar-refractivity contribution in [1.29, 1.82) is 0 Å². The van der Waals surface area contributed by atoms with Crippen LogP contribution >= 0.6 is 31.9 Å². The van der Waals surface area contributed by atoms with E-state index in [0.717, 1.165) is 15.8 Å². The van der Waals surface area contributed by atoms with Gasteiger partial charge in [-0.1, -0.05) is 19.3 Å². The molecule has 0 aromatic carbocycles. The molecule has 17 heavy (non-hydrogen) atoms. The number of hydrogen-bond donors (Lipinski definition) is 1. The van der Waals surface area contributed by atoms with E-state index in [1.165, 1.54) is 32.1 Å². The SMILES string of the molecule is OCC(=Cc1cc(Br)c(Br)o1)C1CCCCC1.